The van der Waals surface area contributed by atoms with Crippen LogP contribution in [0.1, 0.15) is 36.8 Å². The maximum atomic E-state index is 12.8. The van der Waals surface area contributed by atoms with Crippen molar-refractivity contribution in [1.82, 2.24) is 4.90 Å². The van der Waals surface area contributed by atoms with E-state index in [-0.39, 0.29) is 23.8 Å². The first-order chi connectivity index (χ1) is 12.2. The van der Waals surface area contributed by atoms with Crippen molar-refractivity contribution in [1.29, 1.82) is 0 Å². The number of hydrogen-bond donors (Lipinski definition) is 0. The molecule has 4 rings (SSSR count). The SMILES string of the molecule is COC1CCN(C(=O)[C@H]2CC(=O)N(c3ccc4c(c3)CCC4)C2)CC1. The van der Waals surface area contributed by atoms with Crippen LogP contribution in [0.25, 0.3) is 0 Å². The second-order valence-corrected chi connectivity index (χ2v) is 7.47. The third kappa shape index (κ3) is 3.17. The van der Waals surface area contributed by atoms with Crippen molar-refractivity contribution < 1.29 is 14.3 Å². The second-order valence-electron chi connectivity index (χ2n) is 7.47. The van der Waals surface area contributed by atoms with E-state index in [9.17, 15) is 9.59 Å². The summed E-state index contributed by atoms with van der Waals surface area (Å²) in [4.78, 5) is 29.0. The predicted octanol–water partition coefficient (Wildman–Crippen LogP) is 2.17. The fourth-order valence-electron chi connectivity index (χ4n) is 4.42. The molecule has 5 heteroatoms. The van der Waals surface area contributed by atoms with Gasteiger partial charge < -0.3 is 14.5 Å². The highest BCUT2D eigenvalue weighted by atomic mass is 16.5. The molecule has 2 aliphatic heterocycles. The van der Waals surface area contributed by atoms with E-state index in [4.69, 9.17) is 4.74 Å². The summed E-state index contributed by atoms with van der Waals surface area (Å²) in [6.45, 7) is 1.99. The number of methoxy groups -OCH3 is 1. The Morgan fingerprint density at radius 1 is 1.16 bits per heavy atom. The molecule has 2 amide bonds. The van der Waals surface area contributed by atoms with Crippen molar-refractivity contribution in [2.45, 2.75) is 44.6 Å². The molecule has 5 nitrogen and oxygen atoms in total. The Hall–Kier alpha value is -1.88. The Kier molecular flexibility index (Phi) is 4.50. The van der Waals surface area contributed by atoms with Crippen LogP contribution in [-0.4, -0.2) is 49.6 Å². The van der Waals surface area contributed by atoms with E-state index in [1.807, 2.05) is 15.9 Å². The maximum absolute atomic E-state index is 12.8. The molecule has 0 unspecified atom stereocenters. The van der Waals surface area contributed by atoms with Crippen LogP contribution in [0, 0.1) is 5.92 Å². The van der Waals surface area contributed by atoms with Crippen LogP contribution < -0.4 is 4.90 Å². The van der Waals surface area contributed by atoms with Gasteiger partial charge in [-0.3, -0.25) is 9.59 Å². The molecule has 0 N–H and O–H groups in total. The molecule has 1 aromatic carbocycles. The molecule has 2 fully saturated rings. The molecule has 1 atom stereocenters. The van der Waals surface area contributed by atoms with Gasteiger partial charge in [0.25, 0.3) is 0 Å². The molecule has 134 valence electrons. The number of nitrogens with zero attached hydrogens (tertiary/aromatic N) is 2. The van der Waals surface area contributed by atoms with Crippen LogP contribution in [0.4, 0.5) is 5.69 Å². The van der Waals surface area contributed by atoms with Crippen LogP contribution in [0.15, 0.2) is 18.2 Å². The first-order valence-electron chi connectivity index (χ1n) is 9.39. The summed E-state index contributed by atoms with van der Waals surface area (Å²) in [5.74, 6) is -0.00510. The smallest absolute Gasteiger partial charge is 0.228 e. The van der Waals surface area contributed by atoms with Crippen molar-refractivity contribution in [3.63, 3.8) is 0 Å². The van der Waals surface area contributed by atoms with Gasteiger partial charge in [0.15, 0.2) is 0 Å². The number of carbonyl (C=O) groups excluding carboxylic acids is 2. The Bertz CT molecular complexity index is 680. The minimum Gasteiger partial charge on any atom is -0.381 e. The molecule has 2 saturated heterocycles. The maximum Gasteiger partial charge on any atom is 0.228 e. The van der Waals surface area contributed by atoms with Gasteiger partial charge in [0.05, 0.1) is 12.0 Å². The van der Waals surface area contributed by atoms with Crippen molar-refractivity contribution in [3.8, 4) is 0 Å². The standard InChI is InChI=1S/C20H26N2O3/c1-25-18-7-9-21(10-8-18)20(24)16-12-19(23)22(13-16)17-6-5-14-3-2-4-15(14)11-17/h5-6,11,16,18H,2-4,7-10,12-13H2,1H3/t16-/m0/s1. The average molecular weight is 342 g/mol. The number of hydrogen-bond acceptors (Lipinski definition) is 3. The molecule has 1 aromatic rings. The van der Waals surface area contributed by atoms with Gasteiger partial charge in [-0.1, -0.05) is 6.07 Å². The van der Waals surface area contributed by atoms with Crippen LogP contribution in [0.5, 0.6) is 0 Å². The van der Waals surface area contributed by atoms with Gasteiger partial charge in [0, 0.05) is 38.9 Å². The number of likely N-dealkylation sites (tertiary alicyclic amines) is 1. The van der Waals surface area contributed by atoms with Crippen molar-refractivity contribution in [3.05, 3.63) is 29.3 Å². The fourth-order valence-corrected chi connectivity index (χ4v) is 4.42. The molecule has 25 heavy (non-hydrogen) atoms. The number of rotatable bonds is 3. The predicted molar refractivity (Wildman–Crippen MR) is 95.5 cm³/mol. The molecule has 2 heterocycles. The molecule has 0 radical (unpaired) electrons. The van der Waals surface area contributed by atoms with E-state index in [2.05, 4.69) is 12.1 Å². The van der Waals surface area contributed by atoms with Gasteiger partial charge in [0.2, 0.25) is 11.8 Å². The van der Waals surface area contributed by atoms with Crippen LogP contribution in [0.2, 0.25) is 0 Å². The molecular formula is C20H26N2O3. The number of amides is 2. The highest BCUT2D eigenvalue weighted by Gasteiger charge is 2.38. The van der Waals surface area contributed by atoms with Gasteiger partial charge in [-0.15, -0.1) is 0 Å². The Labute approximate surface area is 148 Å². The molecule has 0 spiro atoms. The number of anilines is 1. The van der Waals surface area contributed by atoms with E-state index in [0.29, 0.717) is 13.0 Å². The Balaban J connectivity index is 1.43. The summed E-state index contributed by atoms with van der Waals surface area (Å²) in [5.41, 5.74) is 3.73. The third-order valence-corrected chi connectivity index (χ3v) is 5.96. The summed E-state index contributed by atoms with van der Waals surface area (Å²) in [6.07, 6.45) is 5.81. The van der Waals surface area contributed by atoms with E-state index >= 15 is 0 Å². The van der Waals surface area contributed by atoms with E-state index in [1.54, 1.807) is 7.11 Å². The summed E-state index contributed by atoms with van der Waals surface area (Å²) in [7, 11) is 1.73. The molecule has 0 aromatic heterocycles. The van der Waals surface area contributed by atoms with Gasteiger partial charge in [-0.05, 0) is 55.4 Å². The normalized spacial score (nSPS) is 24.0. The zero-order chi connectivity index (χ0) is 17.4. The second kappa shape index (κ2) is 6.79. The van der Waals surface area contributed by atoms with E-state index in [0.717, 1.165) is 44.5 Å². The quantitative estimate of drug-likeness (QED) is 0.846. The minimum atomic E-state index is -0.208. The number of benzene rings is 1. The lowest BCUT2D eigenvalue weighted by Crippen LogP contribution is -2.44. The monoisotopic (exact) mass is 342 g/mol. The Morgan fingerprint density at radius 3 is 2.68 bits per heavy atom. The number of carbonyl (C=O) groups is 2. The highest BCUT2D eigenvalue weighted by molar-refractivity contribution is 6.00. The minimum absolute atomic E-state index is 0.0723. The number of ether oxygens (including phenoxy) is 1. The highest BCUT2D eigenvalue weighted by Crippen LogP contribution is 2.31. The summed E-state index contributed by atoms with van der Waals surface area (Å²) >= 11 is 0. The van der Waals surface area contributed by atoms with E-state index in [1.165, 1.54) is 17.5 Å². The summed E-state index contributed by atoms with van der Waals surface area (Å²) in [6, 6.07) is 6.34. The Morgan fingerprint density at radius 2 is 1.92 bits per heavy atom. The zero-order valence-corrected chi connectivity index (χ0v) is 14.9. The molecular weight excluding hydrogens is 316 g/mol. The van der Waals surface area contributed by atoms with Crippen molar-refractivity contribution in [2.24, 2.45) is 5.92 Å². The lowest BCUT2D eigenvalue weighted by atomic mass is 10.0. The first-order valence-corrected chi connectivity index (χ1v) is 9.39. The number of piperidine rings is 1. The van der Waals surface area contributed by atoms with Crippen molar-refractivity contribution >= 4 is 17.5 Å². The van der Waals surface area contributed by atoms with Crippen LogP contribution >= 0.6 is 0 Å². The largest absolute Gasteiger partial charge is 0.381 e. The molecule has 3 aliphatic rings. The molecule has 0 bridgehead atoms. The zero-order valence-electron chi connectivity index (χ0n) is 14.9. The number of fused-ring (bicyclic) bond motifs is 1. The van der Waals surface area contributed by atoms with E-state index < -0.39 is 0 Å². The van der Waals surface area contributed by atoms with Gasteiger partial charge in [-0.25, -0.2) is 0 Å². The topological polar surface area (TPSA) is 49.9 Å². The average Bonchev–Trinajstić information content (AvgIpc) is 3.26. The van der Waals surface area contributed by atoms with Crippen molar-refractivity contribution in [2.75, 3.05) is 31.6 Å². The molecule has 0 saturated carbocycles. The van der Waals surface area contributed by atoms with Gasteiger partial charge >= 0.3 is 0 Å². The van der Waals surface area contributed by atoms with Gasteiger partial charge in [0.1, 0.15) is 0 Å². The van der Waals surface area contributed by atoms with Crippen LogP contribution in [0.3, 0.4) is 0 Å². The lowest BCUT2D eigenvalue weighted by molar-refractivity contribution is -0.138. The van der Waals surface area contributed by atoms with Crippen LogP contribution in [-0.2, 0) is 27.2 Å². The third-order valence-electron chi connectivity index (χ3n) is 5.96. The first kappa shape index (κ1) is 16.6. The summed E-state index contributed by atoms with van der Waals surface area (Å²) < 4.78 is 5.37. The summed E-state index contributed by atoms with van der Waals surface area (Å²) in [5, 5.41) is 0. The number of aryl methyl sites for hydroxylation is 2. The lowest BCUT2D eigenvalue weighted by Gasteiger charge is -2.32. The fraction of sp³-hybridized carbons (Fsp3) is 0.600. The van der Waals surface area contributed by atoms with Gasteiger partial charge in [-0.2, -0.15) is 0 Å². The molecule has 1 aliphatic carbocycles.